The lowest BCUT2D eigenvalue weighted by Gasteiger charge is -2.30. The Kier molecular flexibility index (Phi) is 5.41. The number of hydrogen-bond acceptors (Lipinski definition) is 3. The van der Waals surface area contributed by atoms with Gasteiger partial charge in [-0.3, -0.25) is 4.79 Å². The first-order valence-electron chi connectivity index (χ1n) is 7.75. The molecule has 0 radical (unpaired) electrons. The molecule has 0 aromatic heterocycles. The van der Waals surface area contributed by atoms with E-state index in [2.05, 4.69) is 19.2 Å². The standard InChI is InChI=1S/C17H24N2O3/c1-12(2)13-4-6-15(7-5-13)18-16(20)14-8-10-19(11-9-14)17(21)22-3/h4-7,12,14H,8-11H2,1-3H3,(H,18,20). The van der Waals surface area contributed by atoms with Gasteiger partial charge in [0.2, 0.25) is 5.91 Å². The van der Waals surface area contributed by atoms with Gasteiger partial charge < -0.3 is 15.0 Å². The van der Waals surface area contributed by atoms with E-state index < -0.39 is 0 Å². The van der Waals surface area contributed by atoms with E-state index in [-0.39, 0.29) is 17.9 Å². The molecule has 0 saturated carbocycles. The number of likely N-dealkylation sites (tertiary alicyclic amines) is 1. The lowest BCUT2D eigenvalue weighted by Crippen LogP contribution is -2.41. The molecule has 0 atom stereocenters. The highest BCUT2D eigenvalue weighted by Crippen LogP contribution is 2.21. The fourth-order valence-electron chi connectivity index (χ4n) is 2.65. The molecule has 1 aliphatic rings. The van der Waals surface area contributed by atoms with Crippen LogP contribution in [0.1, 0.15) is 38.2 Å². The van der Waals surface area contributed by atoms with Crippen molar-refractivity contribution in [1.82, 2.24) is 4.90 Å². The predicted octanol–water partition coefficient (Wildman–Crippen LogP) is 3.23. The summed E-state index contributed by atoms with van der Waals surface area (Å²) in [5, 5.41) is 2.96. The van der Waals surface area contributed by atoms with E-state index >= 15 is 0 Å². The Balaban J connectivity index is 1.87. The Hall–Kier alpha value is -2.04. The first-order valence-corrected chi connectivity index (χ1v) is 7.75. The Morgan fingerprint density at radius 2 is 1.77 bits per heavy atom. The summed E-state index contributed by atoms with van der Waals surface area (Å²) in [6, 6.07) is 7.97. The number of ether oxygens (including phenoxy) is 1. The first kappa shape index (κ1) is 16.3. The van der Waals surface area contributed by atoms with Crippen LogP contribution in [0.2, 0.25) is 0 Å². The average Bonchev–Trinajstić information content (AvgIpc) is 2.54. The number of piperidine rings is 1. The van der Waals surface area contributed by atoms with Gasteiger partial charge in [0.05, 0.1) is 7.11 Å². The number of carbonyl (C=O) groups excluding carboxylic acids is 2. The molecular weight excluding hydrogens is 280 g/mol. The number of rotatable bonds is 3. The van der Waals surface area contributed by atoms with Crippen molar-refractivity contribution in [2.75, 3.05) is 25.5 Å². The van der Waals surface area contributed by atoms with Crippen LogP contribution in [0, 0.1) is 5.92 Å². The van der Waals surface area contributed by atoms with Crippen LogP contribution in [0.3, 0.4) is 0 Å². The van der Waals surface area contributed by atoms with E-state index in [1.165, 1.54) is 12.7 Å². The summed E-state index contributed by atoms with van der Waals surface area (Å²) in [4.78, 5) is 25.4. The Bertz CT molecular complexity index is 517. The van der Waals surface area contributed by atoms with Gasteiger partial charge in [-0.05, 0) is 36.5 Å². The highest BCUT2D eigenvalue weighted by atomic mass is 16.5. The monoisotopic (exact) mass is 304 g/mol. The number of benzene rings is 1. The molecule has 2 amide bonds. The summed E-state index contributed by atoms with van der Waals surface area (Å²) in [6.07, 6.45) is 1.03. The van der Waals surface area contributed by atoms with Gasteiger partial charge in [-0.15, -0.1) is 0 Å². The molecule has 0 unspecified atom stereocenters. The molecule has 1 aromatic carbocycles. The average molecular weight is 304 g/mol. The lowest BCUT2D eigenvalue weighted by molar-refractivity contribution is -0.121. The number of amides is 2. The highest BCUT2D eigenvalue weighted by molar-refractivity contribution is 5.92. The summed E-state index contributed by atoms with van der Waals surface area (Å²) >= 11 is 0. The van der Waals surface area contributed by atoms with E-state index in [4.69, 9.17) is 4.74 Å². The Labute approximate surface area is 131 Å². The van der Waals surface area contributed by atoms with Crippen molar-refractivity contribution in [3.05, 3.63) is 29.8 Å². The van der Waals surface area contributed by atoms with Crippen LogP contribution in [-0.4, -0.2) is 37.1 Å². The molecule has 1 aliphatic heterocycles. The van der Waals surface area contributed by atoms with Crippen LogP contribution < -0.4 is 5.32 Å². The van der Waals surface area contributed by atoms with Crippen molar-refractivity contribution >= 4 is 17.7 Å². The lowest BCUT2D eigenvalue weighted by atomic mass is 9.96. The van der Waals surface area contributed by atoms with E-state index in [9.17, 15) is 9.59 Å². The molecule has 0 aliphatic carbocycles. The van der Waals surface area contributed by atoms with Gasteiger partial charge in [-0.25, -0.2) is 4.79 Å². The zero-order valence-corrected chi connectivity index (χ0v) is 13.5. The van der Waals surface area contributed by atoms with Crippen LogP contribution in [0.5, 0.6) is 0 Å². The second-order valence-electron chi connectivity index (χ2n) is 6.00. The molecule has 5 heteroatoms. The second kappa shape index (κ2) is 7.29. The Morgan fingerprint density at radius 3 is 2.27 bits per heavy atom. The summed E-state index contributed by atoms with van der Waals surface area (Å²) in [6.45, 7) is 5.42. The van der Waals surface area contributed by atoms with Crippen molar-refractivity contribution < 1.29 is 14.3 Å². The van der Waals surface area contributed by atoms with Crippen molar-refractivity contribution in [2.24, 2.45) is 5.92 Å². The van der Waals surface area contributed by atoms with Crippen molar-refractivity contribution in [2.45, 2.75) is 32.6 Å². The third-order valence-corrected chi connectivity index (χ3v) is 4.14. The maximum absolute atomic E-state index is 12.3. The summed E-state index contributed by atoms with van der Waals surface area (Å²) in [5.74, 6) is 0.458. The minimum Gasteiger partial charge on any atom is -0.453 e. The summed E-state index contributed by atoms with van der Waals surface area (Å²) in [7, 11) is 1.38. The van der Waals surface area contributed by atoms with Gasteiger partial charge in [0.25, 0.3) is 0 Å². The number of carbonyl (C=O) groups is 2. The van der Waals surface area contributed by atoms with Crippen LogP contribution in [0.4, 0.5) is 10.5 Å². The number of nitrogens with zero attached hydrogens (tertiary/aromatic N) is 1. The topological polar surface area (TPSA) is 58.6 Å². The number of nitrogens with one attached hydrogen (secondary N) is 1. The van der Waals surface area contributed by atoms with E-state index in [0.29, 0.717) is 31.8 Å². The Morgan fingerprint density at radius 1 is 1.18 bits per heavy atom. The third-order valence-electron chi connectivity index (χ3n) is 4.14. The van der Waals surface area contributed by atoms with Crippen LogP contribution in [-0.2, 0) is 9.53 Å². The highest BCUT2D eigenvalue weighted by Gasteiger charge is 2.27. The van der Waals surface area contributed by atoms with Gasteiger partial charge >= 0.3 is 6.09 Å². The normalized spacial score (nSPS) is 15.7. The molecule has 22 heavy (non-hydrogen) atoms. The zero-order valence-electron chi connectivity index (χ0n) is 13.5. The number of hydrogen-bond donors (Lipinski definition) is 1. The van der Waals surface area contributed by atoms with Crippen LogP contribution in [0.25, 0.3) is 0 Å². The predicted molar refractivity (Wildman–Crippen MR) is 85.9 cm³/mol. The van der Waals surface area contributed by atoms with Gasteiger partial charge in [-0.2, -0.15) is 0 Å². The fourth-order valence-corrected chi connectivity index (χ4v) is 2.65. The van der Waals surface area contributed by atoms with Crippen molar-refractivity contribution in [3.8, 4) is 0 Å². The molecule has 1 heterocycles. The van der Waals surface area contributed by atoms with Crippen molar-refractivity contribution in [1.29, 1.82) is 0 Å². The number of methoxy groups -OCH3 is 1. The minimum atomic E-state index is -0.317. The number of anilines is 1. The quantitative estimate of drug-likeness (QED) is 0.932. The molecule has 0 bridgehead atoms. The summed E-state index contributed by atoms with van der Waals surface area (Å²) < 4.78 is 4.70. The first-order chi connectivity index (χ1) is 10.5. The molecule has 5 nitrogen and oxygen atoms in total. The zero-order chi connectivity index (χ0) is 16.1. The summed E-state index contributed by atoms with van der Waals surface area (Å²) in [5.41, 5.74) is 2.08. The van der Waals surface area contributed by atoms with Gasteiger partial charge in [0.1, 0.15) is 0 Å². The van der Waals surface area contributed by atoms with Crippen LogP contribution in [0.15, 0.2) is 24.3 Å². The van der Waals surface area contributed by atoms with E-state index in [0.717, 1.165) is 5.69 Å². The molecule has 0 spiro atoms. The maximum Gasteiger partial charge on any atom is 0.409 e. The maximum atomic E-state index is 12.3. The third kappa shape index (κ3) is 4.00. The molecule has 1 N–H and O–H groups in total. The molecule has 2 rings (SSSR count). The van der Waals surface area contributed by atoms with E-state index in [1.807, 2.05) is 24.3 Å². The van der Waals surface area contributed by atoms with E-state index in [1.54, 1.807) is 4.90 Å². The van der Waals surface area contributed by atoms with Crippen molar-refractivity contribution in [3.63, 3.8) is 0 Å². The minimum absolute atomic E-state index is 0.0295. The largest absolute Gasteiger partial charge is 0.453 e. The van der Waals surface area contributed by atoms with Crippen LogP contribution >= 0.6 is 0 Å². The van der Waals surface area contributed by atoms with Gasteiger partial charge in [0.15, 0.2) is 0 Å². The molecule has 1 fully saturated rings. The van der Waals surface area contributed by atoms with Gasteiger partial charge in [0, 0.05) is 24.7 Å². The van der Waals surface area contributed by atoms with Gasteiger partial charge in [-0.1, -0.05) is 26.0 Å². The molecule has 1 saturated heterocycles. The molecule has 1 aromatic rings. The molecule has 120 valence electrons. The fraction of sp³-hybridized carbons (Fsp3) is 0.529. The SMILES string of the molecule is COC(=O)N1CCC(C(=O)Nc2ccc(C(C)C)cc2)CC1. The second-order valence-corrected chi connectivity index (χ2v) is 6.00. The molecular formula is C17H24N2O3. The smallest absolute Gasteiger partial charge is 0.409 e.